The van der Waals surface area contributed by atoms with E-state index in [1.165, 1.54) is 0 Å². The Labute approximate surface area is 165 Å². The summed E-state index contributed by atoms with van der Waals surface area (Å²) in [6, 6.07) is 15.2. The van der Waals surface area contributed by atoms with E-state index in [1.54, 1.807) is 18.2 Å². The van der Waals surface area contributed by atoms with Crippen LogP contribution in [-0.4, -0.2) is 21.0 Å². The van der Waals surface area contributed by atoms with Crippen LogP contribution in [0.25, 0.3) is 22.5 Å². The van der Waals surface area contributed by atoms with Crippen molar-refractivity contribution in [3.05, 3.63) is 70.9 Å². The quantitative estimate of drug-likeness (QED) is 0.541. The zero-order valence-electron chi connectivity index (χ0n) is 15.4. The van der Waals surface area contributed by atoms with Crippen LogP contribution in [0, 0.1) is 0 Å². The maximum atomic E-state index is 11.7. The Kier molecular flexibility index (Phi) is 4.18. The average Bonchev–Trinajstić information content (AvgIpc) is 3.39. The summed E-state index contributed by atoms with van der Waals surface area (Å²) >= 11 is 0. The van der Waals surface area contributed by atoms with Crippen LogP contribution in [0.1, 0.15) is 27.2 Å². The molecule has 1 aliphatic rings. The number of anilines is 1. The molecule has 0 spiro atoms. The standard InChI is InChI=1S/C21H17N5O3/c22-19(27)14-8-4-7-13-17(26-29-18(13)14)21-24-16-11-28-10-15(16)20(25-21)23-9-12-5-2-1-3-6-12/h1-8H,9-11H2,(H2,22,27)(H,23,24,25). The second kappa shape index (κ2) is 6.99. The lowest BCUT2D eigenvalue weighted by Crippen LogP contribution is -2.10. The molecule has 3 heterocycles. The topological polar surface area (TPSA) is 116 Å². The molecule has 8 heteroatoms. The van der Waals surface area contributed by atoms with E-state index in [1.807, 2.05) is 30.3 Å². The molecule has 4 aromatic rings. The number of rotatable bonds is 5. The fraction of sp³-hybridized carbons (Fsp3) is 0.143. The molecule has 144 valence electrons. The van der Waals surface area contributed by atoms with Crippen molar-refractivity contribution in [1.29, 1.82) is 0 Å². The van der Waals surface area contributed by atoms with E-state index in [0.29, 0.717) is 48.1 Å². The minimum absolute atomic E-state index is 0.271. The van der Waals surface area contributed by atoms with Crippen molar-refractivity contribution < 1.29 is 14.1 Å². The predicted molar refractivity (Wildman–Crippen MR) is 106 cm³/mol. The number of benzene rings is 2. The Morgan fingerprint density at radius 1 is 1.07 bits per heavy atom. The number of hydrogen-bond donors (Lipinski definition) is 2. The second-order valence-electron chi connectivity index (χ2n) is 6.73. The summed E-state index contributed by atoms with van der Waals surface area (Å²) in [7, 11) is 0. The zero-order valence-corrected chi connectivity index (χ0v) is 15.4. The van der Waals surface area contributed by atoms with Crippen LogP contribution in [-0.2, 0) is 24.5 Å². The highest BCUT2D eigenvalue weighted by atomic mass is 16.5. The summed E-state index contributed by atoms with van der Waals surface area (Å²) in [5.41, 5.74) is 9.38. The smallest absolute Gasteiger partial charge is 0.252 e. The molecule has 8 nitrogen and oxygen atoms in total. The van der Waals surface area contributed by atoms with E-state index < -0.39 is 5.91 Å². The molecule has 3 N–H and O–H groups in total. The fourth-order valence-electron chi connectivity index (χ4n) is 3.40. The molecule has 1 aliphatic heterocycles. The van der Waals surface area contributed by atoms with Crippen molar-refractivity contribution in [2.24, 2.45) is 5.73 Å². The van der Waals surface area contributed by atoms with Crippen LogP contribution < -0.4 is 11.1 Å². The van der Waals surface area contributed by atoms with Gasteiger partial charge in [-0.25, -0.2) is 9.97 Å². The third kappa shape index (κ3) is 3.09. The number of para-hydroxylation sites is 1. The van der Waals surface area contributed by atoms with Crippen molar-refractivity contribution in [2.75, 3.05) is 5.32 Å². The van der Waals surface area contributed by atoms with Gasteiger partial charge in [-0.15, -0.1) is 0 Å². The molecular formula is C21H17N5O3. The van der Waals surface area contributed by atoms with Gasteiger partial charge in [-0.05, 0) is 17.7 Å². The van der Waals surface area contributed by atoms with Crippen molar-refractivity contribution in [2.45, 2.75) is 19.8 Å². The number of carbonyl (C=O) groups is 1. The van der Waals surface area contributed by atoms with Gasteiger partial charge in [0, 0.05) is 12.1 Å². The second-order valence-corrected chi connectivity index (χ2v) is 6.73. The first-order chi connectivity index (χ1) is 14.2. The van der Waals surface area contributed by atoms with Crippen molar-refractivity contribution in [3.8, 4) is 11.5 Å². The predicted octanol–water partition coefficient (Wildman–Crippen LogP) is 3.03. The highest BCUT2D eigenvalue weighted by Gasteiger charge is 2.24. The van der Waals surface area contributed by atoms with E-state index in [2.05, 4.69) is 20.4 Å². The first-order valence-corrected chi connectivity index (χ1v) is 9.14. The van der Waals surface area contributed by atoms with Crippen LogP contribution in [0.5, 0.6) is 0 Å². The molecule has 0 saturated carbocycles. The third-order valence-electron chi connectivity index (χ3n) is 4.86. The van der Waals surface area contributed by atoms with Crippen LogP contribution in [0.4, 0.5) is 5.82 Å². The Morgan fingerprint density at radius 2 is 1.93 bits per heavy atom. The van der Waals surface area contributed by atoms with E-state index >= 15 is 0 Å². The number of carbonyl (C=O) groups excluding carboxylic acids is 1. The first-order valence-electron chi connectivity index (χ1n) is 9.14. The highest BCUT2D eigenvalue weighted by Crippen LogP contribution is 2.32. The highest BCUT2D eigenvalue weighted by molar-refractivity contribution is 6.06. The van der Waals surface area contributed by atoms with Crippen molar-refractivity contribution in [1.82, 2.24) is 15.1 Å². The Morgan fingerprint density at radius 3 is 2.76 bits per heavy atom. The number of amides is 1. The van der Waals surface area contributed by atoms with Gasteiger partial charge in [0.1, 0.15) is 5.82 Å². The largest absolute Gasteiger partial charge is 0.370 e. The van der Waals surface area contributed by atoms with Gasteiger partial charge in [0.2, 0.25) is 0 Å². The molecule has 2 aromatic carbocycles. The van der Waals surface area contributed by atoms with Gasteiger partial charge in [0.05, 0.1) is 29.9 Å². The van der Waals surface area contributed by atoms with Crippen LogP contribution in [0.15, 0.2) is 53.1 Å². The molecule has 5 rings (SSSR count). The minimum atomic E-state index is -0.577. The summed E-state index contributed by atoms with van der Waals surface area (Å²) in [4.78, 5) is 21.0. The summed E-state index contributed by atoms with van der Waals surface area (Å²) in [6.45, 7) is 1.49. The Hall–Kier alpha value is -3.78. The molecule has 0 radical (unpaired) electrons. The van der Waals surface area contributed by atoms with E-state index in [4.69, 9.17) is 15.0 Å². The van der Waals surface area contributed by atoms with Crippen LogP contribution in [0.2, 0.25) is 0 Å². The molecule has 0 fully saturated rings. The maximum Gasteiger partial charge on any atom is 0.252 e. The number of aromatic nitrogens is 3. The maximum absolute atomic E-state index is 11.7. The molecule has 0 saturated heterocycles. The minimum Gasteiger partial charge on any atom is -0.370 e. The number of ether oxygens (including phenoxy) is 1. The van der Waals surface area contributed by atoms with Gasteiger partial charge in [0.15, 0.2) is 17.1 Å². The summed E-state index contributed by atoms with van der Waals surface area (Å²) in [5, 5.41) is 8.13. The average molecular weight is 387 g/mol. The molecular weight excluding hydrogens is 370 g/mol. The number of nitrogens with zero attached hydrogens (tertiary/aromatic N) is 3. The Bertz CT molecular complexity index is 1220. The summed E-state index contributed by atoms with van der Waals surface area (Å²) in [6.07, 6.45) is 0. The van der Waals surface area contributed by atoms with Crippen LogP contribution in [0.3, 0.4) is 0 Å². The van der Waals surface area contributed by atoms with Crippen molar-refractivity contribution in [3.63, 3.8) is 0 Å². The third-order valence-corrected chi connectivity index (χ3v) is 4.86. The number of hydrogen-bond acceptors (Lipinski definition) is 7. The van der Waals surface area contributed by atoms with Crippen molar-refractivity contribution >= 4 is 22.7 Å². The number of nitrogens with one attached hydrogen (secondary N) is 1. The molecule has 0 aliphatic carbocycles. The number of nitrogens with two attached hydrogens (primary N) is 1. The molecule has 0 atom stereocenters. The van der Waals surface area contributed by atoms with Gasteiger partial charge in [-0.2, -0.15) is 0 Å². The van der Waals surface area contributed by atoms with E-state index in [0.717, 1.165) is 16.8 Å². The molecule has 1 amide bonds. The lowest BCUT2D eigenvalue weighted by atomic mass is 10.1. The van der Waals surface area contributed by atoms with Gasteiger partial charge >= 0.3 is 0 Å². The number of primary amides is 1. The lowest BCUT2D eigenvalue weighted by Gasteiger charge is -2.11. The zero-order chi connectivity index (χ0) is 19.8. The first kappa shape index (κ1) is 17.3. The monoisotopic (exact) mass is 387 g/mol. The fourth-order valence-corrected chi connectivity index (χ4v) is 3.40. The van der Waals surface area contributed by atoms with Gasteiger partial charge in [-0.3, -0.25) is 4.79 Å². The molecule has 29 heavy (non-hydrogen) atoms. The van der Waals surface area contributed by atoms with Gasteiger partial charge < -0.3 is 20.3 Å². The SMILES string of the molecule is NC(=O)c1cccc2c(-c3nc4c(c(NCc5ccccc5)n3)COC4)noc12. The normalized spacial score (nSPS) is 12.8. The molecule has 0 unspecified atom stereocenters. The lowest BCUT2D eigenvalue weighted by molar-refractivity contribution is 0.100. The van der Waals surface area contributed by atoms with E-state index in [9.17, 15) is 4.79 Å². The summed E-state index contributed by atoms with van der Waals surface area (Å²) in [5.74, 6) is 0.533. The number of fused-ring (bicyclic) bond motifs is 2. The summed E-state index contributed by atoms with van der Waals surface area (Å²) < 4.78 is 11.0. The Balaban J connectivity index is 1.57. The van der Waals surface area contributed by atoms with Gasteiger partial charge in [-0.1, -0.05) is 41.6 Å². The molecule has 0 bridgehead atoms. The van der Waals surface area contributed by atoms with E-state index in [-0.39, 0.29) is 5.56 Å². The van der Waals surface area contributed by atoms with Crippen LogP contribution >= 0.6 is 0 Å². The van der Waals surface area contributed by atoms with Gasteiger partial charge in [0.25, 0.3) is 5.91 Å². The molecule has 2 aromatic heterocycles.